The second kappa shape index (κ2) is 8.43. The first kappa shape index (κ1) is 22.9. The molecule has 0 aliphatic carbocycles. The Labute approximate surface area is 207 Å². The lowest BCUT2D eigenvalue weighted by Gasteiger charge is -2.42. The third-order valence-corrected chi connectivity index (χ3v) is 7.77. The summed E-state index contributed by atoms with van der Waals surface area (Å²) in [5, 5.41) is 11.3. The van der Waals surface area contributed by atoms with Gasteiger partial charge in [-0.15, -0.1) is 0 Å². The van der Waals surface area contributed by atoms with Crippen LogP contribution in [0.3, 0.4) is 0 Å². The lowest BCUT2D eigenvalue weighted by molar-refractivity contribution is -0.133. The minimum absolute atomic E-state index is 0.127. The number of nitrogens with one attached hydrogen (secondary N) is 1. The van der Waals surface area contributed by atoms with Crippen molar-refractivity contribution >= 4 is 38.8 Å². The second-order valence-corrected chi connectivity index (χ2v) is 10.4. The number of carbonyl (C=O) groups excluding carboxylic acids is 2. The molecular weight excluding hydrogens is 496 g/mol. The molecule has 3 heterocycles. The van der Waals surface area contributed by atoms with E-state index in [4.69, 9.17) is 0 Å². The van der Waals surface area contributed by atoms with Gasteiger partial charge in [0.05, 0.1) is 0 Å². The summed E-state index contributed by atoms with van der Waals surface area (Å²) < 4.78 is 0.957. The number of urea groups is 1. The fourth-order valence-electron chi connectivity index (χ4n) is 5.38. The van der Waals surface area contributed by atoms with E-state index >= 15 is 0 Å². The number of rotatable bonds is 6. The number of phenols is 1. The van der Waals surface area contributed by atoms with Crippen molar-refractivity contribution in [3.63, 3.8) is 0 Å². The molecule has 7 nitrogen and oxygen atoms in total. The average molecular weight is 525 g/mol. The van der Waals surface area contributed by atoms with Gasteiger partial charge in [0.15, 0.2) is 0 Å². The van der Waals surface area contributed by atoms with Gasteiger partial charge in [-0.25, -0.2) is 4.79 Å². The minimum Gasteiger partial charge on any atom is -0.508 e. The Morgan fingerprint density at radius 2 is 2.03 bits per heavy atom. The van der Waals surface area contributed by atoms with Crippen molar-refractivity contribution < 1.29 is 14.7 Å². The van der Waals surface area contributed by atoms with E-state index in [0.717, 1.165) is 51.7 Å². The second-order valence-electron chi connectivity index (χ2n) is 9.51. The third-order valence-electron chi connectivity index (χ3n) is 7.28. The van der Waals surface area contributed by atoms with Crippen LogP contribution in [0.4, 0.5) is 4.79 Å². The molecule has 0 saturated carbocycles. The number of hydrogen-bond acceptors (Lipinski definition) is 4. The summed E-state index contributed by atoms with van der Waals surface area (Å²) in [4.78, 5) is 36.4. The zero-order valence-electron chi connectivity index (χ0n) is 19.6. The Hall–Kier alpha value is -2.84. The van der Waals surface area contributed by atoms with Gasteiger partial charge in [-0.05, 0) is 74.9 Å². The molecule has 8 heteroatoms. The maximum atomic E-state index is 13.8. The number of H-pyrrole nitrogens is 1. The number of phenolic OH excluding ortho intramolecular Hbond substituents is 1. The molecule has 2 unspecified atom stereocenters. The summed E-state index contributed by atoms with van der Waals surface area (Å²) in [6.45, 7) is 6.09. The maximum absolute atomic E-state index is 13.8. The van der Waals surface area contributed by atoms with Crippen molar-refractivity contribution in [3.05, 3.63) is 63.8 Å². The highest BCUT2D eigenvalue weighted by atomic mass is 79.9. The number of aromatic amines is 1. The van der Waals surface area contributed by atoms with Crippen molar-refractivity contribution in [2.45, 2.75) is 38.3 Å². The number of imide groups is 1. The topological polar surface area (TPSA) is 79.9 Å². The van der Waals surface area contributed by atoms with Crippen molar-refractivity contribution in [1.82, 2.24) is 19.7 Å². The van der Waals surface area contributed by atoms with Crippen LogP contribution in [0.2, 0.25) is 0 Å². The first-order chi connectivity index (χ1) is 16.2. The molecule has 1 aromatic heterocycles. The third kappa shape index (κ3) is 3.51. The van der Waals surface area contributed by atoms with Gasteiger partial charge >= 0.3 is 6.03 Å². The number of fused-ring (bicyclic) bond motifs is 4. The lowest BCUT2D eigenvalue weighted by Crippen LogP contribution is -2.53. The van der Waals surface area contributed by atoms with Crippen LogP contribution in [-0.4, -0.2) is 68.9 Å². The van der Waals surface area contributed by atoms with E-state index in [1.165, 1.54) is 4.90 Å². The Morgan fingerprint density at radius 1 is 1.24 bits per heavy atom. The smallest absolute Gasteiger partial charge is 0.328 e. The van der Waals surface area contributed by atoms with E-state index in [9.17, 15) is 14.7 Å². The van der Waals surface area contributed by atoms with Gasteiger partial charge in [-0.2, -0.15) is 0 Å². The predicted molar refractivity (Wildman–Crippen MR) is 135 cm³/mol. The standard InChI is InChI=1S/C26H29BrN4O3/c1-4-29(3)11-6-12-30-24(33)26(2)15-20-19-14-17(27)9-10-21(19)28-22(20)23(31(26)25(30)34)16-7-5-8-18(32)13-16/h5,7-10,13-14,23,28,32H,4,6,11-12,15H2,1-3H3. The average Bonchev–Trinajstić information content (AvgIpc) is 3.24. The molecule has 3 amide bonds. The van der Waals surface area contributed by atoms with Crippen LogP contribution < -0.4 is 0 Å². The number of benzene rings is 2. The Balaban J connectivity index is 1.63. The minimum atomic E-state index is -1.01. The predicted octanol–water partition coefficient (Wildman–Crippen LogP) is 4.65. The highest BCUT2D eigenvalue weighted by molar-refractivity contribution is 9.10. The van der Waals surface area contributed by atoms with Gasteiger partial charge in [0.1, 0.15) is 17.3 Å². The van der Waals surface area contributed by atoms with E-state index in [0.29, 0.717) is 13.0 Å². The molecule has 0 spiro atoms. The molecule has 178 valence electrons. The van der Waals surface area contributed by atoms with Gasteiger partial charge < -0.3 is 15.0 Å². The van der Waals surface area contributed by atoms with Gasteiger partial charge in [-0.1, -0.05) is 35.0 Å². The molecule has 5 rings (SSSR count). The number of halogens is 1. The number of nitrogens with zero attached hydrogens (tertiary/aromatic N) is 3. The number of aromatic nitrogens is 1. The molecule has 1 fully saturated rings. The first-order valence-electron chi connectivity index (χ1n) is 11.7. The lowest BCUT2D eigenvalue weighted by atomic mass is 9.81. The fourth-order valence-corrected chi connectivity index (χ4v) is 5.74. The summed E-state index contributed by atoms with van der Waals surface area (Å²) in [6, 6.07) is 12.2. The van der Waals surface area contributed by atoms with Crippen molar-refractivity contribution in [2.75, 3.05) is 26.7 Å². The quantitative estimate of drug-likeness (QED) is 0.460. The van der Waals surface area contributed by atoms with Crippen molar-refractivity contribution in [3.8, 4) is 5.75 Å². The number of carbonyl (C=O) groups is 2. The SMILES string of the molecule is CCN(C)CCCN1C(=O)N2C(c3cccc(O)c3)c3[nH]c4ccc(Br)cc4c3CC2(C)C1=O. The van der Waals surface area contributed by atoms with Crippen LogP contribution in [0.5, 0.6) is 5.75 Å². The number of amides is 3. The normalized spacial score (nSPS) is 22.1. The molecule has 2 atom stereocenters. The van der Waals surface area contributed by atoms with Crippen LogP contribution in [0.25, 0.3) is 10.9 Å². The van der Waals surface area contributed by atoms with Crippen LogP contribution in [0, 0.1) is 0 Å². The maximum Gasteiger partial charge on any atom is 0.328 e. The van der Waals surface area contributed by atoms with E-state index < -0.39 is 11.6 Å². The van der Waals surface area contributed by atoms with Crippen LogP contribution in [-0.2, 0) is 11.2 Å². The molecule has 0 bridgehead atoms. The summed E-state index contributed by atoms with van der Waals surface area (Å²) in [5.41, 5.74) is 2.66. The van der Waals surface area contributed by atoms with E-state index in [-0.39, 0.29) is 17.7 Å². The van der Waals surface area contributed by atoms with Gasteiger partial charge in [0.25, 0.3) is 5.91 Å². The van der Waals surface area contributed by atoms with Crippen LogP contribution in [0.1, 0.15) is 43.1 Å². The number of hydrogen-bond donors (Lipinski definition) is 2. The van der Waals surface area contributed by atoms with Crippen LogP contribution >= 0.6 is 15.9 Å². The van der Waals surface area contributed by atoms with E-state index in [1.807, 2.05) is 32.2 Å². The molecular formula is C26H29BrN4O3. The molecule has 1 saturated heterocycles. The van der Waals surface area contributed by atoms with Gasteiger partial charge in [0.2, 0.25) is 0 Å². The Morgan fingerprint density at radius 3 is 2.76 bits per heavy atom. The zero-order valence-corrected chi connectivity index (χ0v) is 21.2. The van der Waals surface area contributed by atoms with Gasteiger partial charge in [0, 0.05) is 34.0 Å². The molecule has 34 heavy (non-hydrogen) atoms. The van der Waals surface area contributed by atoms with E-state index in [2.05, 4.69) is 38.8 Å². The molecule has 2 aliphatic heterocycles. The Bertz CT molecular complexity index is 1290. The van der Waals surface area contributed by atoms with Gasteiger partial charge in [-0.3, -0.25) is 14.6 Å². The molecule has 0 radical (unpaired) electrons. The fraction of sp³-hybridized carbons (Fsp3) is 0.385. The molecule has 2 aromatic carbocycles. The summed E-state index contributed by atoms with van der Waals surface area (Å²) in [7, 11) is 2.03. The highest BCUT2D eigenvalue weighted by Gasteiger charge is 2.60. The summed E-state index contributed by atoms with van der Waals surface area (Å²) in [5.74, 6) is -0.0283. The van der Waals surface area contributed by atoms with E-state index in [1.54, 1.807) is 23.1 Å². The van der Waals surface area contributed by atoms with Crippen molar-refractivity contribution in [1.29, 1.82) is 0 Å². The first-order valence-corrected chi connectivity index (χ1v) is 12.5. The van der Waals surface area contributed by atoms with Crippen LogP contribution in [0.15, 0.2) is 46.9 Å². The number of aromatic hydroxyl groups is 1. The molecule has 2 aliphatic rings. The Kier molecular flexibility index (Phi) is 5.68. The summed E-state index contributed by atoms with van der Waals surface area (Å²) in [6.07, 6.45) is 1.16. The summed E-state index contributed by atoms with van der Waals surface area (Å²) >= 11 is 3.57. The van der Waals surface area contributed by atoms with Crippen molar-refractivity contribution in [2.24, 2.45) is 0 Å². The highest BCUT2D eigenvalue weighted by Crippen LogP contribution is 2.49. The largest absolute Gasteiger partial charge is 0.508 e. The molecule has 3 aromatic rings. The monoisotopic (exact) mass is 524 g/mol. The molecule has 2 N–H and O–H groups in total. The zero-order chi connectivity index (χ0) is 24.2.